The monoisotopic (exact) mass is 368 g/mol. The molecule has 1 aromatic heterocycles. The molecular formula is C21H21FN2O3. The lowest BCUT2D eigenvalue weighted by atomic mass is 10.1. The number of nitrogens with one attached hydrogen (secondary N) is 2. The molecule has 4 rings (SSSR count). The van der Waals surface area contributed by atoms with Crippen molar-refractivity contribution in [3.8, 4) is 5.75 Å². The molecule has 0 bridgehead atoms. The van der Waals surface area contributed by atoms with Crippen LogP contribution in [0, 0.1) is 12.7 Å². The van der Waals surface area contributed by atoms with Gasteiger partial charge >= 0.3 is 0 Å². The number of aryl methyl sites for hydroxylation is 1. The molecule has 2 aromatic carbocycles. The predicted molar refractivity (Wildman–Crippen MR) is 102 cm³/mol. The van der Waals surface area contributed by atoms with E-state index in [1.54, 1.807) is 42.6 Å². The summed E-state index contributed by atoms with van der Waals surface area (Å²) < 4.78 is 25.8. The minimum absolute atomic E-state index is 0.141. The molecule has 2 heterocycles. The molecule has 1 saturated heterocycles. The molecule has 1 aliphatic rings. The van der Waals surface area contributed by atoms with Gasteiger partial charge in [-0.1, -0.05) is 6.07 Å². The maximum atomic E-state index is 14.6. The first-order valence-electron chi connectivity index (χ1n) is 9.04. The largest absolute Gasteiger partial charge is 0.491 e. The van der Waals surface area contributed by atoms with Gasteiger partial charge in [-0.15, -0.1) is 0 Å². The Bertz CT molecular complexity index is 959. The minimum Gasteiger partial charge on any atom is -0.491 e. The highest BCUT2D eigenvalue weighted by Crippen LogP contribution is 2.26. The number of aromatic amines is 1. The van der Waals surface area contributed by atoms with Gasteiger partial charge in [0, 0.05) is 23.8 Å². The van der Waals surface area contributed by atoms with Crippen LogP contribution in [0.4, 0.5) is 10.1 Å². The number of ether oxygens (including phenoxy) is 2. The van der Waals surface area contributed by atoms with Crippen molar-refractivity contribution in [1.82, 2.24) is 4.98 Å². The second kappa shape index (κ2) is 7.40. The van der Waals surface area contributed by atoms with Gasteiger partial charge < -0.3 is 19.8 Å². The molecule has 3 aromatic rings. The van der Waals surface area contributed by atoms with Crippen LogP contribution < -0.4 is 10.1 Å². The van der Waals surface area contributed by atoms with Crippen LogP contribution >= 0.6 is 0 Å². The van der Waals surface area contributed by atoms with E-state index in [0.717, 1.165) is 30.4 Å². The summed E-state index contributed by atoms with van der Waals surface area (Å²) in [6.45, 7) is 3.20. The number of anilines is 1. The lowest BCUT2D eigenvalue weighted by Crippen LogP contribution is -2.16. The fourth-order valence-electron chi connectivity index (χ4n) is 3.26. The molecule has 0 radical (unpaired) electrons. The second-order valence-corrected chi connectivity index (χ2v) is 6.75. The summed E-state index contributed by atoms with van der Waals surface area (Å²) in [6, 6.07) is 10.2. The first-order chi connectivity index (χ1) is 13.1. The molecule has 1 fully saturated rings. The van der Waals surface area contributed by atoms with Gasteiger partial charge in [0.05, 0.1) is 17.3 Å². The predicted octanol–water partition coefficient (Wildman–Crippen LogP) is 4.43. The molecule has 2 N–H and O–H groups in total. The topological polar surface area (TPSA) is 63.4 Å². The molecular weight excluding hydrogens is 347 g/mol. The summed E-state index contributed by atoms with van der Waals surface area (Å²) in [5, 5.41) is 3.43. The number of aromatic nitrogens is 1. The summed E-state index contributed by atoms with van der Waals surface area (Å²) in [5.74, 6) is -0.163. The first-order valence-corrected chi connectivity index (χ1v) is 9.04. The zero-order valence-electron chi connectivity index (χ0n) is 15.0. The Morgan fingerprint density at radius 3 is 2.85 bits per heavy atom. The Labute approximate surface area is 156 Å². The van der Waals surface area contributed by atoms with E-state index in [2.05, 4.69) is 10.3 Å². The average molecular weight is 368 g/mol. The fourth-order valence-corrected chi connectivity index (χ4v) is 3.26. The number of benzene rings is 2. The molecule has 140 valence electrons. The van der Waals surface area contributed by atoms with E-state index in [0.29, 0.717) is 23.4 Å². The second-order valence-electron chi connectivity index (χ2n) is 6.75. The molecule has 0 aliphatic carbocycles. The van der Waals surface area contributed by atoms with Crippen LogP contribution in [0.1, 0.15) is 28.8 Å². The van der Waals surface area contributed by atoms with Crippen molar-refractivity contribution in [2.24, 2.45) is 0 Å². The highest BCUT2D eigenvalue weighted by atomic mass is 19.1. The molecule has 0 spiro atoms. The van der Waals surface area contributed by atoms with Crippen LogP contribution in [-0.4, -0.2) is 30.2 Å². The molecule has 5 nitrogen and oxygen atoms in total. The number of H-pyrrole nitrogens is 1. The minimum atomic E-state index is -0.467. The van der Waals surface area contributed by atoms with Crippen molar-refractivity contribution in [3.63, 3.8) is 0 Å². The van der Waals surface area contributed by atoms with Crippen molar-refractivity contribution in [1.29, 1.82) is 0 Å². The number of hydrogen-bond acceptors (Lipinski definition) is 3. The molecule has 0 saturated carbocycles. The Morgan fingerprint density at radius 2 is 2.11 bits per heavy atom. The third kappa shape index (κ3) is 3.66. The van der Waals surface area contributed by atoms with E-state index in [1.165, 1.54) is 0 Å². The lowest BCUT2D eigenvalue weighted by molar-refractivity contribution is 0.0679. The van der Waals surface area contributed by atoms with Crippen molar-refractivity contribution in [2.75, 3.05) is 18.5 Å². The van der Waals surface area contributed by atoms with E-state index < -0.39 is 5.82 Å². The Morgan fingerprint density at radius 1 is 1.30 bits per heavy atom. The normalized spacial score (nSPS) is 16.6. The summed E-state index contributed by atoms with van der Waals surface area (Å²) in [6.07, 6.45) is 3.96. The SMILES string of the molecule is Cc1c[nH]c2c(F)c(NC(=O)c3ccc(OC[C@@H]4CCCO4)cc3)ccc12. The van der Waals surface area contributed by atoms with Crippen molar-refractivity contribution in [2.45, 2.75) is 25.9 Å². The summed E-state index contributed by atoms with van der Waals surface area (Å²) in [5.41, 5.74) is 1.93. The van der Waals surface area contributed by atoms with Crippen LogP contribution in [0.3, 0.4) is 0 Å². The smallest absolute Gasteiger partial charge is 0.255 e. The van der Waals surface area contributed by atoms with Crippen LogP contribution in [0.5, 0.6) is 5.75 Å². The molecule has 0 unspecified atom stereocenters. The third-order valence-corrected chi connectivity index (χ3v) is 4.82. The molecule has 1 aliphatic heterocycles. The van der Waals surface area contributed by atoms with E-state index >= 15 is 0 Å². The summed E-state index contributed by atoms with van der Waals surface area (Å²) in [7, 11) is 0. The molecule has 1 amide bonds. The zero-order valence-corrected chi connectivity index (χ0v) is 15.0. The van der Waals surface area contributed by atoms with Crippen LogP contribution in [-0.2, 0) is 4.74 Å². The van der Waals surface area contributed by atoms with Crippen LogP contribution in [0.25, 0.3) is 10.9 Å². The van der Waals surface area contributed by atoms with Gasteiger partial charge in [-0.3, -0.25) is 4.79 Å². The van der Waals surface area contributed by atoms with E-state index in [1.807, 2.05) is 6.92 Å². The average Bonchev–Trinajstić information content (AvgIpc) is 3.33. The number of fused-ring (bicyclic) bond motifs is 1. The Hall–Kier alpha value is -2.86. The van der Waals surface area contributed by atoms with E-state index in [4.69, 9.17) is 9.47 Å². The van der Waals surface area contributed by atoms with Crippen molar-refractivity contribution in [3.05, 3.63) is 59.5 Å². The van der Waals surface area contributed by atoms with Gasteiger partial charge in [0.1, 0.15) is 12.4 Å². The van der Waals surface area contributed by atoms with Gasteiger partial charge in [0.2, 0.25) is 0 Å². The highest BCUT2D eigenvalue weighted by Gasteiger charge is 2.16. The van der Waals surface area contributed by atoms with E-state index in [9.17, 15) is 9.18 Å². The van der Waals surface area contributed by atoms with Gasteiger partial charge in [-0.2, -0.15) is 0 Å². The van der Waals surface area contributed by atoms with Crippen molar-refractivity contribution >= 4 is 22.5 Å². The first kappa shape index (κ1) is 17.5. The maximum Gasteiger partial charge on any atom is 0.255 e. The molecule has 1 atom stereocenters. The van der Waals surface area contributed by atoms with Gasteiger partial charge in [0.25, 0.3) is 5.91 Å². The standard InChI is InChI=1S/C21H21FN2O3/c1-13-11-23-20-17(13)8-9-18(19(20)22)24-21(25)14-4-6-15(7-5-14)27-12-16-3-2-10-26-16/h4-9,11,16,23H,2-3,10,12H2,1H3,(H,24,25)/t16-/m0/s1. The highest BCUT2D eigenvalue weighted by molar-refractivity contribution is 6.05. The molecule has 6 heteroatoms. The third-order valence-electron chi connectivity index (χ3n) is 4.82. The number of hydrogen-bond donors (Lipinski definition) is 2. The zero-order chi connectivity index (χ0) is 18.8. The number of carbonyl (C=O) groups excluding carboxylic acids is 1. The van der Waals surface area contributed by atoms with Gasteiger partial charge in [-0.05, 0) is 55.7 Å². The maximum absolute atomic E-state index is 14.6. The van der Waals surface area contributed by atoms with Crippen molar-refractivity contribution < 1.29 is 18.7 Å². The quantitative estimate of drug-likeness (QED) is 0.700. The molecule has 27 heavy (non-hydrogen) atoms. The van der Waals surface area contributed by atoms with E-state index in [-0.39, 0.29) is 17.7 Å². The summed E-state index contributed by atoms with van der Waals surface area (Å²) in [4.78, 5) is 15.3. The van der Waals surface area contributed by atoms with Crippen LogP contribution in [0.2, 0.25) is 0 Å². The number of halogens is 1. The van der Waals surface area contributed by atoms with Crippen LogP contribution in [0.15, 0.2) is 42.6 Å². The fraction of sp³-hybridized carbons (Fsp3) is 0.286. The van der Waals surface area contributed by atoms with Gasteiger partial charge in [0.15, 0.2) is 5.82 Å². The van der Waals surface area contributed by atoms with Gasteiger partial charge in [-0.25, -0.2) is 4.39 Å². The number of carbonyl (C=O) groups is 1. The lowest BCUT2D eigenvalue weighted by Gasteiger charge is -2.12. The number of rotatable bonds is 5. The Balaban J connectivity index is 1.42. The number of amides is 1. The Kier molecular flexibility index (Phi) is 4.81. The summed E-state index contributed by atoms with van der Waals surface area (Å²) >= 11 is 0.